The molecule has 27 heavy (non-hydrogen) atoms. The van der Waals surface area contributed by atoms with Crippen molar-refractivity contribution in [3.05, 3.63) is 69.8 Å². The molecule has 1 aliphatic heterocycles. The number of rotatable bonds is 5. The summed E-state index contributed by atoms with van der Waals surface area (Å²) in [6, 6.07) is 14.3. The standard InChI is InChI=1S/C18H12N4O5/c19-9-10-27-16-12(5-4-8-15(16)22(25)26)11-14-17(23)20-21(18(14)24)13-6-2-1-3-7-13/h1-8,11H,10H2,(H,20,23)/b14-11-. The molecule has 0 spiro atoms. The lowest BCUT2D eigenvalue weighted by molar-refractivity contribution is -0.385. The number of carbonyl (C=O) groups excluding carboxylic acids is 2. The van der Waals surface area contributed by atoms with E-state index < -0.39 is 23.3 Å². The van der Waals surface area contributed by atoms with Crippen molar-refractivity contribution < 1.29 is 19.2 Å². The number of carbonyl (C=O) groups is 2. The third-order valence-electron chi connectivity index (χ3n) is 3.71. The molecule has 1 aliphatic rings. The topological polar surface area (TPSA) is 126 Å². The number of nitro groups is 1. The molecule has 134 valence electrons. The summed E-state index contributed by atoms with van der Waals surface area (Å²) >= 11 is 0. The molecular formula is C18H12N4O5. The van der Waals surface area contributed by atoms with Crippen LogP contribution in [0.15, 0.2) is 54.1 Å². The minimum Gasteiger partial charge on any atom is -0.471 e. The van der Waals surface area contributed by atoms with E-state index in [-0.39, 0.29) is 22.6 Å². The molecule has 0 aliphatic carbocycles. The quantitative estimate of drug-likeness (QED) is 0.374. The Morgan fingerprint density at radius 2 is 1.93 bits per heavy atom. The number of hydrogen-bond acceptors (Lipinski definition) is 6. The van der Waals surface area contributed by atoms with Crippen LogP contribution in [0.1, 0.15) is 5.56 Å². The monoisotopic (exact) mass is 364 g/mol. The van der Waals surface area contributed by atoms with Crippen LogP contribution in [0.25, 0.3) is 6.08 Å². The first-order valence-electron chi connectivity index (χ1n) is 7.72. The van der Waals surface area contributed by atoms with Gasteiger partial charge in [0.25, 0.3) is 11.8 Å². The fourth-order valence-electron chi connectivity index (χ4n) is 2.53. The molecule has 0 aromatic heterocycles. The highest BCUT2D eigenvalue weighted by atomic mass is 16.6. The Labute approximate surface area is 153 Å². The highest BCUT2D eigenvalue weighted by Gasteiger charge is 2.35. The van der Waals surface area contributed by atoms with E-state index in [0.29, 0.717) is 5.69 Å². The van der Waals surface area contributed by atoms with E-state index in [9.17, 15) is 19.7 Å². The summed E-state index contributed by atoms with van der Waals surface area (Å²) < 4.78 is 5.17. The molecule has 1 fully saturated rings. The molecule has 0 unspecified atom stereocenters. The van der Waals surface area contributed by atoms with Gasteiger partial charge in [-0.2, -0.15) is 5.26 Å². The number of ether oxygens (including phenoxy) is 1. The molecule has 1 N–H and O–H groups in total. The number of amides is 2. The summed E-state index contributed by atoms with van der Waals surface area (Å²) in [5, 5.41) is 21.0. The molecule has 2 amide bonds. The molecule has 2 aromatic rings. The second-order valence-corrected chi connectivity index (χ2v) is 5.37. The first-order valence-corrected chi connectivity index (χ1v) is 7.72. The molecule has 0 radical (unpaired) electrons. The van der Waals surface area contributed by atoms with Crippen LogP contribution in [-0.2, 0) is 9.59 Å². The summed E-state index contributed by atoms with van der Waals surface area (Å²) in [6.45, 7) is -0.419. The van der Waals surface area contributed by atoms with Gasteiger partial charge in [0.2, 0.25) is 5.75 Å². The molecule has 1 saturated heterocycles. The van der Waals surface area contributed by atoms with E-state index >= 15 is 0 Å². The average molecular weight is 364 g/mol. The number of para-hydroxylation sites is 2. The molecular weight excluding hydrogens is 352 g/mol. The summed E-state index contributed by atoms with van der Waals surface area (Å²) in [4.78, 5) is 35.4. The predicted octanol–water partition coefficient (Wildman–Crippen LogP) is 1.96. The Morgan fingerprint density at radius 1 is 1.19 bits per heavy atom. The minimum absolute atomic E-state index is 0.146. The van der Waals surface area contributed by atoms with Gasteiger partial charge in [-0.1, -0.05) is 30.3 Å². The second kappa shape index (κ2) is 7.37. The van der Waals surface area contributed by atoms with E-state index in [1.807, 2.05) is 0 Å². The van der Waals surface area contributed by atoms with E-state index in [4.69, 9.17) is 10.00 Å². The summed E-state index contributed by atoms with van der Waals surface area (Å²) in [5.74, 6) is -1.44. The minimum atomic E-state index is -0.665. The number of anilines is 1. The van der Waals surface area contributed by atoms with Crippen molar-refractivity contribution in [1.29, 1.82) is 5.26 Å². The smallest absolute Gasteiger partial charge is 0.311 e. The van der Waals surface area contributed by atoms with Crippen LogP contribution in [0.4, 0.5) is 11.4 Å². The van der Waals surface area contributed by atoms with Crippen LogP contribution in [0.5, 0.6) is 5.75 Å². The Balaban J connectivity index is 2.02. The third-order valence-corrected chi connectivity index (χ3v) is 3.71. The van der Waals surface area contributed by atoms with Crippen molar-refractivity contribution in [2.45, 2.75) is 0 Å². The van der Waals surface area contributed by atoms with Crippen molar-refractivity contribution >= 4 is 29.3 Å². The van der Waals surface area contributed by atoms with Crippen LogP contribution >= 0.6 is 0 Å². The van der Waals surface area contributed by atoms with Gasteiger partial charge in [-0.05, 0) is 18.2 Å². The normalized spacial score (nSPS) is 14.8. The SMILES string of the molecule is N#CCOc1c(/C=C2/C(=O)NN(c3ccccc3)C2=O)cccc1[N+](=O)[O-]. The Hall–Kier alpha value is -4.19. The number of nitro benzene ring substituents is 1. The average Bonchev–Trinajstić information content (AvgIpc) is 2.95. The summed E-state index contributed by atoms with van der Waals surface area (Å²) in [6.07, 6.45) is 1.21. The van der Waals surface area contributed by atoms with Gasteiger partial charge in [-0.15, -0.1) is 0 Å². The molecule has 0 saturated carbocycles. The van der Waals surface area contributed by atoms with E-state index in [1.165, 1.54) is 24.3 Å². The number of hydrogen-bond donors (Lipinski definition) is 1. The summed E-state index contributed by atoms with van der Waals surface area (Å²) in [7, 11) is 0. The lowest BCUT2D eigenvalue weighted by atomic mass is 10.1. The van der Waals surface area contributed by atoms with E-state index in [2.05, 4.69) is 5.43 Å². The zero-order valence-corrected chi connectivity index (χ0v) is 13.8. The van der Waals surface area contributed by atoms with Crippen molar-refractivity contribution in [3.63, 3.8) is 0 Å². The first kappa shape index (κ1) is 17.6. The number of hydrazine groups is 1. The molecule has 1 heterocycles. The highest BCUT2D eigenvalue weighted by Crippen LogP contribution is 2.33. The van der Waals surface area contributed by atoms with Gasteiger partial charge in [0.15, 0.2) is 6.61 Å². The molecule has 0 bridgehead atoms. The summed E-state index contributed by atoms with van der Waals surface area (Å²) in [5.41, 5.74) is 2.48. The molecule has 0 atom stereocenters. The van der Waals surface area contributed by atoms with Gasteiger partial charge in [0.1, 0.15) is 11.6 Å². The molecule has 9 heteroatoms. The van der Waals surface area contributed by atoms with E-state index in [1.54, 1.807) is 36.4 Å². The lowest BCUT2D eigenvalue weighted by Gasteiger charge is -2.13. The zero-order valence-electron chi connectivity index (χ0n) is 13.8. The van der Waals surface area contributed by atoms with Crippen molar-refractivity contribution in [2.24, 2.45) is 0 Å². The number of benzene rings is 2. The zero-order chi connectivity index (χ0) is 19.4. The molecule has 3 rings (SSSR count). The Bertz CT molecular complexity index is 995. The highest BCUT2D eigenvalue weighted by molar-refractivity contribution is 6.31. The fourth-order valence-corrected chi connectivity index (χ4v) is 2.53. The molecule has 2 aromatic carbocycles. The van der Waals surface area contributed by atoms with Gasteiger partial charge < -0.3 is 4.74 Å². The van der Waals surface area contributed by atoms with Crippen molar-refractivity contribution in [2.75, 3.05) is 11.6 Å². The Morgan fingerprint density at radius 3 is 2.59 bits per heavy atom. The van der Waals surface area contributed by atoms with E-state index in [0.717, 1.165) is 5.01 Å². The van der Waals surface area contributed by atoms with Crippen molar-refractivity contribution in [3.8, 4) is 11.8 Å². The first-order chi connectivity index (χ1) is 13.0. The van der Waals surface area contributed by atoms with Gasteiger partial charge in [-0.3, -0.25) is 25.1 Å². The number of nitrogens with zero attached hydrogens (tertiary/aromatic N) is 3. The maximum atomic E-state index is 12.6. The molecule has 9 nitrogen and oxygen atoms in total. The van der Waals surface area contributed by atoms with Crippen LogP contribution in [0.3, 0.4) is 0 Å². The van der Waals surface area contributed by atoms with Crippen LogP contribution < -0.4 is 15.2 Å². The maximum absolute atomic E-state index is 12.6. The number of nitriles is 1. The van der Waals surface area contributed by atoms with Gasteiger partial charge in [-0.25, -0.2) is 5.01 Å². The van der Waals surface area contributed by atoms with Crippen molar-refractivity contribution in [1.82, 2.24) is 5.43 Å². The largest absolute Gasteiger partial charge is 0.471 e. The van der Waals surface area contributed by atoms with Gasteiger partial charge in [0.05, 0.1) is 10.6 Å². The van der Waals surface area contributed by atoms with Crippen LogP contribution in [0.2, 0.25) is 0 Å². The lowest BCUT2D eigenvalue weighted by Crippen LogP contribution is -2.35. The van der Waals surface area contributed by atoms with Gasteiger partial charge >= 0.3 is 5.69 Å². The van der Waals surface area contributed by atoms with Crippen LogP contribution in [-0.4, -0.2) is 23.3 Å². The van der Waals surface area contributed by atoms with Crippen LogP contribution in [0, 0.1) is 21.4 Å². The maximum Gasteiger partial charge on any atom is 0.311 e. The third kappa shape index (κ3) is 3.45. The predicted molar refractivity (Wildman–Crippen MR) is 94.3 cm³/mol. The fraction of sp³-hybridized carbons (Fsp3) is 0.0556. The Kier molecular flexibility index (Phi) is 4.81. The second-order valence-electron chi connectivity index (χ2n) is 5.37. The number of nitrogens with one attached hydrogen (secondary N) is 1. The van der Waals surface area contributed by atoms with Gasteiger partial charge in [0, 0.05) is 11.6 Å².